The summed E-state index contributed by atoms with van der Waals surface area (Å²) >= 11 is 0. The van der Waals surface area contributed by atoms with Gasteiger partial charge in [-0.15, -0.1) is 0 Å². The molecule has 0 heterocycles. The fourth-order valence-electron chi connectivity index (χ4n) is 6.71. The number of hydrogen-bond donors (Lipinski definition) is 15. The van der Waals surface area contributed by atoms with E-state index in [1.165, 1.54) is 12.1 Å². The molecule has 71 heavy (non-hydrogen) atoms. The van der Waals surface area contributed by atoms with Gasteiger partial charge in [-0.1, -0.05) is 39.8 Å². The number of rotatable bonds is 33. The van der Waals surface area contributed by atoms with E-state index in [1.807, 2.05) is 0 Å². The second kappa shape index (κ2) is 30.6. The predicted molar refractivity (Wildman–Crippen MR) is 251 cm³/mol. The van der Waals surface area contributed by atoms with Gasteiger partial charge < -0.3 is 78.4 Å². The smallest absolute Gasteiger partial charge is 0.446 e. The third kappa shape index (κ3) is 24.1. The minimum absolute atomic E-state index is 0.0205. The van der Waals surface area contributed by atoms with E-state index >= 15 is 0 Å². The minimum Gasteiger partial charge on any atom is -0.481 e. The van der Waals surface area contributed by atoms with Gasteiger partial charge in [0, 0.05) is 12.8 Å². The predicted octanol–water partition coefficient (Wildman–Crippen LogP) is -3.94. The maximum Gasteiger partial charge on any atom is 0.446 e. The zero-order valence-electron chi connectivity index (χ0n) is 40.5. The summed E-state index contributed by atoms with van der Waals surface area (Å²) in [6, 6.07) is -8.34. The fourth-order valence-corrected chi connectivity index (χ4v) is 7.07. The first-order valence-electron chi connectivity index (χ1n) is 22.8. The molecule has 0 aliphatic rings. The molecule has 0 fully saturated rings. The van der Waals surface area contributed by atoms with Crippen molar-refractivity contribution >= 4 is 63.7 Å². The number of carbonyl (C=O) groups is 9. The fraction of sp³-hybridized carbons (Fsp3) is 0.651. The normalized spacial score (nSPS) is 15.7. The second-order valence-corrected chi connectivity index (χ2v) is 18.7. The van der Waals surface area contributed by atoms with E-state index in [-0.39, 0.29) is 55.4 Å². The first-order valence-corrected chi connectivity index (χ1v) is 24.1. The van der Waals surface area contributed by atoms with Crippen molar-refractivity contribution in [2.75, 3.05) is 13.2 Å². The molecule has 1 aromatic rings. The second-order valence-electron chi connectivity index (χ2n) is 17.7. The van der Waals surface area contributed by atoms with Crippen molar-refractivity contribution in [2.24, 2.45) is 23.3 Å². The van der Waals surface area contributed by atoms with Crippen LogP contribution in [0.1, 0.15) is 92.1 Å². The van der Waals surface area contributed by atoms with Crippen molar-refractivity contribution < 1.29 is 85.8 Å². The quantitative estimate of drug-likeness (QED) is 0.0236. The number of nitrogens with two attached hydrogens (primary N) is 2. The molecule has 17 N–H and O–H groups in total. The van der Waals surface area contributed by atoms with Gasteiger partial charge in [0.15, 0.2) is 0 Å². The molecule has 1 aromatic carbocycles. The number of carbonyl (C=O) groups excluding carboxylic acids is 7. The lowest BCUT2D eigenvalue weighted by Crippen LogP contribution is -2.63. The maximum absolute atomic E-state index is 14.1. The van der Waals surface area contributed by atoms with Gasteiger partial charge in [0.2, 0.25) is 41.4 Å². The Morgan fingerprint density at radius 2 is 1.03 bits per heavy atom. The van der Waals surface area contributed by atoms with E-state index in [2.05, 4.69) is 41.4 Å². The number of nitrogens with one attached hydrogen (secondary N) is 7. The molecular weight excluding hydrogens is 963 g/mol. The summed E-state index contributed by atoms with van der Waals surface area (Å²) < 4.78 is 36.0. The molecule has 28 heteroatoms. The number of aliphatic carboxylic acids is 2. The van der Waals surface area contributed by atoms with Crippen molar-refractivity contribution in [1.29, 1.82) is 0 Å². The van der Waals surface area contributed by atoms with E-state index in [9.17, 15) is 77.1 Å². The molecule has 0 aromatic heterocycles. The van der Waals surface area contributed by atoms with Gasteiger partial charge in [-0.2, -0.15) is 8.42 Å². The van der Waals surface area contributed by atoms with Crippen LogP contribution in [0.4, 0.5) is 0 Å². The van der Waals surface area contributed by atoms with E-state index < -0.39 is 150 Å². The zero-order chi connectivity index (χ0) is 54.3. The highest BCUT2D eigenvalue weighted by Gasteiger charge is 2.37. The zero-order valence-corrected chi connectivity index (χ0v) is 41.3. The van der Waals surface area contributed by atoms with Crippen molar-refractivity contribution in [3.05, 3.63) is 29.8 Å². The summed E-state index contributed by atoms with van der Waals surface area (Å²) in [5.41, 5.74) is 11.6. The Balaban J connectivity index is 3.61. The van der Waals surface area contributed by atoms with Crippen molar-refractivity contribution in [3.8, 4) is 5.75 Å². The molecule has 0 saturated heterocycles. The Hall–Kier alpha value is -6.04. The van der Waals surface area contributed by atoms with Crippen LogP contribution in [-0.4, -0.2) is 165 Å². The van der Waals surface area contributed by atoms with E-state index in [4.69, 9.17) is 16.0 Å². The molecule has 7 amide bonds. The Kier molecular flexibility index (Phi) is 27.2. The number of aliphatic hydroxyl groups is 3. The number of hydrogen-bond acceptors (Lipinski definition) is 17. The molecule has 0 spiro atoms. The lowest BCUT2D eigenvalue weighted by atomic mass is 10.0. The van der Waals surface area contributed by atoms with Crippen LogP contribution >= 0.6 is 0 Å². The average molecular weight is 1030 g/mol. The topological polar surface area (TPSA) is 455 Å². The number of amides is 7. The van der Waals surface area contributed by atoms with Crippen LogP contribution in [0.3, 0.4) is 0 Å². The monoisotopic (exact) mass is 1030 g/mol. The third-order valence-corrected chi connectivity index (χ3v) is 10.8. The number of aliphatic hydroxyl groups excluding tert-OH is 3. The largest absolute Gasteiger partial charge is 0.481 e. The summed E-state index contributed by atoms with van der Waals surface area (Å²) in [7, 11) is -4.96. The number of carboxylic acid groups (broad SMARTS) is 2. The van der Waals surface area contributed by atoms with E-state index in [0.717, 1.165) is 26.0 Å². The van der Waals surface area contributed by atoms with Crippen LogP contribution in [0.15, 0.2) is 24.3 Å². The molecule has 0 saturated carbocycles. The lowest BCUT2D eigenvalue weighted by molar-refractivity contribution is -0.143. The molecule has 0 aliphatic carbocycles. The maximum atomic E-state index is 14.1. The molecule has 0 radical (unpaired) electrons. The Morgan fingerprint density at radius 1 is 0.592 bits per heavy atom. The van der Waals surface area contributed by atoms with Crippen molar-refractivity contribution in [3.63, 3.8) is 0 Å². The molecule has 27 nitrogen and oxygen atoms in total. The molecule has 10 atom stereocenters. The molecule has 0 bridgehead atoms. The first kappa shape index (κ1) is 63.0. The summed E-state index contributed by atoms with van der Waals surface area (Å²) in [5, 5.41) is 66.6. The van der Waals surface area contributed by atoms with Crippen molar-refractivity contribution in [1.82, 2.24) is 37.2 Å². The standard InChI is InChI=1S/C43H71N9O18S/c1-21(2)17-27(45)36(58)50-32(20-53)40(62)46-29(14-15-33(56)57)38(60)51-35(24(6)55)42(64)48-30(19-25-10-12-26(13-11-25)70-71(67,68)69)39(61)52-34(23(5)54)41(63)47-28(9-7-8-16-44)37(59)49-31(43(65)66)18-22(3)4/h10-13,21-24,27-32,34-35,53-55H,7-9,14-20,44-45H2,1-6H3,(H,46,62)(H,47,63)(H,48,64)(H,49,59)(H,50,58)(H,51,60)(H,52,61)(H,56,57)(H,65,66)(H,67,68,69)/t23?,24?,27-,28-,29-,30-,31+,32-,34-,35-/m0/s1. The highest BCUT2D eigenvalue weighted by Crippen LogP contribution is 2.16. The van der Waals surface area contributed by atoms with Crippen LogP contribution in [0.2, 0.25) is 0 Å². The summed E-state index contributed by atoms with van der Waals surface area (Å²) in [5.74, 6) is -11.0. The van der Waals surface area contributed by atoms with Crippen molar-refractivity contribution in [2.45, 2.75) is 153 Å². The van der Waals surface area contributed by atoms with Crippen LogP contribution in [0, 0.1) is 11.8 Å². The summed E-state index contributed by atoms with van der Waals surface area (Å²) in [6.45, 7) is 8.43. The Morgan fingerprint density at radius 3 is 1.48 bits per heavy atom. The number of benzene rings is 1. The minimum atomic E-state index is -4.96. The lowest BCUT2D eigenvalue weighted by Gasteiger charge is -2.29. The molecule has 402 valence electrons. The highest BCUT2D eigenvalue weighted by atomic mass is 32.3. The van der Waals surface area contributed by atoms with Crippen LogP contribution in [0.25, 0.3) is 0 Å². The summed E-state index contributed by atoms with van der Waals surface area (Å²) in [4.78, 5) is 118. The van der Waals surface area contributed by atoms with Gasteiger partial charge in [0.05, 0.1) is 24.9 Å². The van der Waals surface area contributed by atoms with Crippen LogP contribution in [0.5, 0.6) is 5.75 Å². The van der Waals surface area contributed by atoms with Crippen LogP contribution in [-0.2, 0) is 60.0 Å². The van der Waals surface area contributed by atoms with E-state index in [0.29, 0.717) is 6.42 Å². The van der Waals surface area contributed by atoms with E-state index in [1.54, 1.807) is 27.7 Å². The van der Waals surface area contributed by atoms with Gasteiger partial charge in [-0.05, 0) is 88.4 Å². The first-order chi connectivity index (χ1) is 33.0. The number of unbranched alkanes of at least 4 members (excludes halogenated alkanes) is 1. The highest BCUT2D eigenvalue weighted by molar-refractivity contribution is 7.81. The molecule has 0 aliphatic heterocycles. The molecule has 2 unspecified atom stereocenters. The Bertz CT molecular complexity index is 2070. The Labute approximate surface area is 411 Å². The average Bonchev–Trinajstić information content (AvgIpc) is 3.25. The van der Waals surface area contributed by atoms with Gasteiger partial charge >= 0.3 is 22.3 Å². The van der Waals surface area contributed by atoms with Gasteiger partial charge in [-0.25, -0.2) is 4.79 Å². The van der Waals surface area contributed by atoms with Gasteiger partial charge in [0.25, 0.3) is 0 Å². The SMILES string of the molecule is CC(C)C[C@H](N)C(=O)N[C@@H](CO)C(=O)N[C@@H](CCC(=O)O)C(=O)N[C@H](C(=O)N[C@@H](Cc1ccc(OS(=O)(=O)O)cc1)C(=O)N[C@H](C(=O)N[C@@H](CCCCN)C(=O)N[C@H](CC(C)C)C(=O)O)C(C)O)C(C)O. The molecule has 1 rings (SSSR count). The third-order valence-electron chi connectivity index (χ3n) is 10.4. The molecular formula is C43H71N9O18S. The number of carboxylic acids is 2. The summed E-state index contributed by atoms with van der Waals surface area (Å²) in [6.07, 6.45) is -4.45. The van der Waals surface area contributed by atoms with Crippen LogP contribution < -0.4 is 52.9 Å². The van der Waals surface area contributed by atoms with Gasteiger partial charge in [0.1, 0.15) is 48.0 Å². The van der Waals surface area contributed by atoms with Gasteiger partial charge in [-0.3, -0.25) is 42.9 Å².